The number of likely N-dealkylation sites (tertiary alicyclic amines) is 1. The second-order valence-electron chi connectivity index (χ2n) is 8.29. The standard InChI is InChI=1S/C20H32N6O3S2/c1-6-17-10-18(19(30-17)14(2)3)22-20(27)23-31(28,29)26(16-11-21-25(5)13-16)15-8-7-9-24(4)12-15/h10-11,13-15H,6-9,12H2,1-5H3,(H2,22,23,27). The van der Waals surface area contributed by atoms with Crippen LogP contribution in [0.15, 0.2) is 18.5 Å². The summed E-state index contributed by atoms with van der Waals surface area (Å²) in [6, 6.07) is 0.869. The van der Waals surface area contributed by atoms with Crippen LogP contribution in [0.3, 0.4) is 0 Å². The fourth-order valence-electron chi connectivity index (χ4n) is 3.87. The van der Waals surface area contributed by atoms with E-state index in [0.717, 1.165) is 29.1 Å². The molecule has 1 saturated heterocycles. The van der Waals surface area contributed by atoms with E-state index < -0.39 is 16.2 Å². The van der Waals surface area contributed by atoms with E-state index in [1.165, 1.54) is 10.5 Å². The van der Waals surface area contributed by atoms with Crippen LogP contribution in [0.5, 0.6) is 0 Å². The number of amides is 2. The van der Waals surface area contributed by atoms with E-state index >= 15 is 0 Å². The Bertz CT molecular complexity index is 1010. The van der Waals surface area contributed by atoms with Crippen LogP contribution in [0.2, 0.25) is 0 Å². The van der Waals surface area contributed by atoms with Gasteiger partial charge in [0.05, 0.1) is 23.6 Å². The molecule has 1 atom stereocenters. The van der Waals surface area contributed by atoms with Gasteiger partial charge in [0.2, 0.25) is 0 Å². The Hall–Kier alpha value is -2.11. The minimum absolute atomic E-state index is 0.224. The number of aryl methyl sites for hydroxylation is 2. The maximum atomic E-state index is 13.3. The Kier molecular flexibility index (Phi) is 7.28. The van der Waals surface area contributed by atoms with Crippen LogP contribution in [0.4, 0.5) is 16.2 Å². The Morgan fingerprint density at radius 3 is 2.71 bits per heavy atom. The van der Waals surface area contributed by atoms with Crippen LogP contribution >= 0.6 is 11.3 Å². The Labute approximate surface area is 188 Å². The van der Waals surface area contributed by atoms with Gasteiger partial charge in [-0.1, -0.05) is 20.8 Å². The van der Waals surface area contributed by atoms with Gasteiger partial charge in [-0.15, -0.1) is 11.3 Å². The zero-order valence-electron chi connectivity index (χ0n) is 18.8. The molecule has 0 aromatic carbocycles. The molecule has 1 fully saturated rings. The Morgan fingerprint density at radius 2 is 2.13 bits per heavy atom. The van der Waals surface area contributed by atoms with Gasteiger partial charge in [0.15, 0.2) is 0 Å². The average molecular weight is 469 g/mol. The van der Waals surface area contributed by atoms with E-state index in [0.29, 0.717) is 24.3 Å². The number of anilines is 2. The first-order valence-corrected chi connectivity index (χ1v) is 12.8. The predicted molar refractivity (Wildman–Crippen MR) is 125 cm³/mol. The molecule has 2 aromatic heterocycles. The highest BCUT2D eigenvalue weighted by atomic mass is 32.2. The molecule has 2 amide bonds. The van der Waals surface area contributed by atoms with E-state index in [9.17, 15) is 13.2 Å². The number of thiophene rings is 1. The van der Waals surface area contributed by atoms with Crippen LogP contribution in [0.25, 0.3) is 0 Å². The van der Waals surface area contributed by atoms with Crippen LogP contribution < -0.4 is 14.3 Å². The van der Waals surface area contributed by atoms with Gasteiger partial charge in [-0.05, 0) is 44.8 Å². The van der Waals surface area contributed by atoms with E-state index in [1.807, 2.05) is 13.1 Å². The lowest BCUT2D eigenvalue weighted by Crippen LogP contribution is -2.54. The van der Waals surface area contributed by atoms with Crippen molar-refractivity contribution in [3.63, 3.8) is 0 Å². The number of hydrogen-bond acceptors (Lipinski definition) is 6. The number of carbonyl (C=O) groups excluding carboxylic acids is 1. The normalized spacial score (nSPS) is 17.7. The summed E-state index contributed by atoms with van der Waals surface area (Å²) in [6.45, 7) is 7.65. The molecule has 172 valence electrons. The Balaban J connectivity index is 1.83. The van der Waals surface area contributed by atoms with Crippen LogP contribution in [0.1, 0.15) is 49.3 Å². The molecule has 31 heavy (non-hydrogen) atoms. The summed E-state index contributed by atoms with van der Waals surface area (Å²) in [5.41, 5.74) is 1.10. The quantitative estimate of drug-likeness (QED) is 0.650. The van der Waals surface area contributed by atoms with Gasteiger partial charge >= 0.3 is 16.2 Å². The smallest absolute Gasteiger partial charge is 0.306 e. The maximum absolute atomic E-state index is 13.3. The third kappa shape index (κ3) is 5.58. The van der Waals surface area contributed by atoms with Gasteiger partial charge in [0.25, 0.3) is 0 Å². The molecule has 0 bridgehead atoms. The zero-order valence-corrected chi connectivity index (χ0v) is 20.4. The highest BCUT2D eigenvalue weighted by molar-refractivity contribution is 7.91. The number of aromatic nitrogens is 2. The summed E-state index contributed by atoms with van der Waals surface area (Å²) < 4.78 is 31.7. The van der Waals surface area contributed by atoms with Crippen molar-refractivity contribution < 1.29 is 13.2 Å². The first-order valence-electron chi connectivity index (χ1n) is 10.5. The monoisotopic (exact) mass is 468 g/mol. The molecular formula is C20H32N6O3S2. The van der Waals surface area contributed by atoms with Crippen molar-refractivity contribution in [3.8, 4) is 0 Å². The largest absolute Gasteiger partial charge is 0.334 e. The van der Waals surface area contributed by atoms with Crippen LogP contribution in [-0.2, 0) is 23.7 Å². The fourth-order valence-corrected chi connectivity index (χ4v) is 6.25. The van der Waals surface area contributed by atoms with E-state index in [2.05, 4.69) is 40.8 Å². The molecule has 9 nitrogen and oxygen atoms in total. The second kappa shape index (κ2) is 9.58. The molecule has 1 unspecified atom stereocenters. The number of likely N-dealkylation sites (N-methyl/N-ethyl adjacent to an activating group) is 1. The third-order valence-electron chi connectivity index (χ3n) is 5.29. The lowest BCUT2D eigenvalue weighted by molar-refractivity contribution is 0.251. The van der Waals surface area contributed by atoms with Crippen molar-refractivity contribution in [3.05, 3.63) is 28.2 Å². The summed E-state index contributed by atoms with van der Waals surface area (Å²) in [5, 5.41) is 6.87. The molecule has 3 rings (SSSR count). The SMILES string of the molecule is CCc1cc(NC(=O)NS(=O)(=O)N(c2cnn(C)c2)C2CCCN(C)C2)c(C(C)C)s1. The van der Waals surface area contributed by atoms with Crippen LogP contribution in [-0.4, -0.2) is 55.3 Å². The number of piperidine rings is 1. The Morgan fingerprint density at radius 1 is 1.39 bits per heavy atom. The van der Waals surface area contributed by atoms with Crippen LogP contribution in [0, 0.1) is 0 Å². The number of nitrogens with one attached hydrogen (secondary N) is 2. The van der Waals surface area contributed by atoms with Gasteiger partial charge < -0.3 is 10.2 Å². The molecule has 1 aliphatic heterocycles. The molecular weight excluding hydrogens is 436 g/mol. The third-order valence-corrected chi connectivity index (χ3v) is 8.34. The summed E-state index contributed by atoms with van der Waals surface area (Å²) >= 11 is 1.64. The summed E-state index contributed by atoms with van der Waals surface area (Å²) in [5.74, 6) is 0.224. The van der Waals surface area contributed by atoms with Crippen molar-refractivity contribution in [2.75, 3.05) is 29.8 Å². The first-order chi connectivity index (χ1) is 14.6. The highest BCUT2D eigenvalue weighted by Crippen LogP contribution is 2.34. The summed E-state index contributed by atoms with van der Waals surface area (Å²) in [4.78, 5) is 17.0. The second-order valence-corrected chi connectivity index (χ2v) is 11.0. The van der Waals surface area contributed by atoms with E-state index in [4.69, 9.17) is 0 Å². The molecule has 0 aliphatic carbocycles. The van der Waals surface area contributed by atoms with E-state index in [1.54, 1.807) is 29.3 Å². The topological polar surface area (TPSA) is 99.6 Å². The highest BCUT2D eigenvalue weighted by Gasteiger charge is 2.35. The maximum Gasteiger partial charge on any atom is 0.334 e. The minimum Gasteiger partial charge on any atom is -0.306 e. The van der Waals surface area contributed by atoms with Crippen molar-refractivity contribution in [1.82, 2.24) is 19.4 Å². The minimum atomic E-state index is -4.14. The number of hydrogen-bond donors (Lipinski definition) is 2. The van der Waals surface area contributed by atoms with Gasteiger partial charge in [-0.3, -0.25) is 4.68 Å². The fraction of sp³-hybridized carbons (Fsp3) is 0.600. The average Bonchev–Trinajstić information content (AvgIpc) is 3.27. The molecule has 1 aliphatic rings. The summed E-state index contributed by atoms with van der Waals surface area (Å²) in [7, 11) is -0.441. The zero-order chi connectivity index (χ0) is 22.8. The summed E-state index contributed by atoms with van der Waals surface area (Å²) in [6.07, 6.45) is 5.61. The van der Waals surface area contributed by atoms with E-state index in [-0.39, 0.29) is 12.0 Å². The predicted octanol–water partition coefficient (Wildman–Crippen LogP) is 3.13. The molecule has 11 heteroatoms. The lowest BCUT2D eigenvalue weighted by Gasteiger charge is -2.37. The first kappa shape index (κ1) is 23.6. The number of urea groups is 1. The van der Waals surface area contributed by atoms with Gasteiger partial charge in [-0.2, -0.15) is 13.5 Å². The molecule has 0 spiro atoms. The number of carbonyl (C=O) groups is 1. The van der Waals surface area contributed by atoms with Gasteiger partial charge in [0.1, 0.15) is 0 Å². The number of rotatable bonds is 7. The number of nitrogens with zero attached hydrogens (tertiary/aromatic N) is 4. The molecule has 2 N–H and O–H groups in total. The van der Waals surface area contributed by atoms with Gasteiger partial charge in [-0.25, -0.2) is 13.8 Å². The molecule has 0 saturated carbocycles. The lowest BCUT2D eigenvalue weighted by atomic mass is 10.1. The van der Waals surface area contributed by atoms with Crippen molar-refractivity contribution in [2.45, 2.75) is 52.0 Å². The molecule has 2 aromatic rings. The van der Waals surface area contributed by atoms with Crippen molar-refractivity contribution in [2.24, 2.45) is 7.05 Å². The molecule has 0 radical (unpaired) electrons. The van der Waals surface area contributed by atoms with Crippen molar-refractivity contribution in [1.29, 1.82) is 0 Å². The van der Waals surface area contributed by atoms with Gasteiger partial charge in [0, 0.05) is 29.5 Å². The molecule has 3 heterocycles. The van der Waals surface area contributed by atoms with Crippen molar-refractivity contribution >= 4 is 39.0 Å².